The van der Waals surface area contributed by atoms with Gasteiger partial charge in [0.15, 0.2) is 4.96 Å². The van der Waals surface area contributed by atoms with Crippen molar-refractivity contribution in [2.24, 2.45) is 5.92 Å². The smallest absolute Gasteiger partial charge is 0.226 e. The first-order valence-corrected chi connectivity index (χ1v) is 6.35. The number of carbonyl (C=O) groups excluding carboxylic acids is 1. The van der Waals surface area contributed by atoms with E-state index >= 15 is 0 Å². The number of nitrogens with zero attached hydrogens (tertiary/aromatic N) is 2. The van der Waals surface area contributed by atoms with Crippen LogP contribution in [-0.4, -0.2) is 33.6 Å². The van der Waals surface area contributed by atoms with E-state index < -0.39 is 0 Å². The van der Waals surface area contributed by atoms with E-state index in [1.54, 1.807) is 11.3 Å². The summed E-state index contributed by atoms with van der Waals surface area (Å²) in [5.74, 6) is 0.0282. The third kappa shape index (κ3) is 3.04. The molecule has 2 rings (SSSR count). The highest BCUT2D eigenvalue weighted by molar-refractivity contribution is 7.15. The zero-order valence-electron chi connectivity index (χ0n) is 9.59. The molecule has 17 heavy (non-hydrogen) atoms. The lowest BCUT2D eigenvalue weighted by molar-refractivity contribution is -0.120. The van der Waals surface area contributed by atoms with E-state index in [0.29, 0.717) is 6.54 Å². The minimum Gasteiger partial charge on any atom is -0.396 e. The van der Waals surface area contributed by atoms with E-state index in [1.165, 1.54) is 0 Å². The average Bonchev–Trinajstić information content (AvgIpc) is 2.86. The monoisotopic (exact) mass is 253 g/mol. The van der Waals surface area contributed by atoms with E-state index in [2.05, 4.69) is 10.3 Å². The van der Waals surface area contributed by atoms with Crippen LogP contribution in [0.15, 0.2) is 17.8 Å². The highest BCUT2D eigenvalue weighted by Crippen LogP contribution is 2.11. The van der Waals surface area contributed by atoms with Crippen molar-refractivity contribution in [1.82, 2.24) is 14.7 Å². The van der Waals surface area contributed by atoms with Crippen LogP contribution in [0, 0.1) is 5.92 Å². The first-order chi connectivity index (χ1) is 8.19. The van der Waals surface area contributed by atoms with Crippen molar-refractivity contribution in [3.63, 3.8) is 0 Å². The van der Waals surface area contributed by atoms with Crippen LogP contribution in [0.4, 0.5) is 0 Å². The van der Waals surface area contributed by atoms with Gasteiger partial charge in [0.25, 0.3) is 0 Å². The SMILES string of the molecule is CC(CO)CNC(=O)Cc1cn2ccsc2n1. The number of amides is 1. The van der Waals surface area contributed by atoms with Crippen LogP contribution in [0.5, 0.6) is 0 Å². The first kappa shape index (κ1) is 12.1. The quantitative estimate of drug-likeness (QED) is 0.823. The molecular formula is C11H15N3O2S. The summed E-state index contributed by atoms with van der Waals surface area (Å²) in [6.45, 7) is 2.46. The Hall–Kier alpha value is -1.40. The summed E-state index contributed by atoms with van der Waals surface area (Å²) in [7, 11) is 0. The van der Waals surface area contributed by atoms with Crippen molar-refractivity contribution in [3.8, 4) is 0 Å². The maximum Gasteiger partial charge on any atom is 0.226 e. The van der Waals surface area contributed by atoms with Crippen molar-refractivity contribution in [3.05, 3.63) is 23.5 Å². The number of imidazole rings is 1. The van der Waals surface area contributed by atoms with E-state index in [1.807, 2.05) is 29.1 Å². The number of thiazole rings is 1. The fourth-order valence-electron chi connectivity index (χ4n) is 1.44. The van der Waals surface area contributed by atoms with Crippen LogP contribution in [0.2, 0.25) is 0 Å². The number of fused-ring (bicyclic) bond motifs is 1. The molecule has 6 heteroatoms. The van der Waals surface area contributed by atoms with Crippen molar-refractivity contribution < 1.29 is 9.90 Å². The molecule has 0 radical (unpaired) electrons. The lowest BCUT2D eigenvalue weighted by atomic mass is 10.2. The third-order valence-corrected chi connectivity index (χ3v) is 3.21. The predicted molar refractivity (Wildman–Crippen MR) is 66.0 cm³/mol. The first-order valence-electron chi connectivity index (χ1n) is 5.47. The van der Waals surface area contributed by atoms with E-state index in [-0.39, 0.29) is 24.9 Å². The standard InChI is InChI=1S/C11H15N3O2S/c1-8(7-15)5-12-10(16)4-9-6-14-2-3-17-11(14)13-9/h2-3,6,8,15H,4-5,7H2,1H3,(H,12,16). The van der Waals surface area contributed by atoms with Gasteiger partial charge in [0.1, 0.15) is 0 Å². The Morgan fingerprint density at radius 1 is 1.71 bits per heavy atom. The number of hydrogen-bond donors (Lipinski definition) is 2. The molecule has 2 N–H and O–H groups in total. The molecule has 0 spiro atoms. The van der Waals surface area contributed by atoms with Gasteiger partial charge >= 0.3 is 0 Å². The zero-order chi connectivity index (χ0) is 12.3. The molecule has 0 saturated heterocycles. The molecule has 2 heterocycles. The van der Waals surface area contributed by atoms with Crippen LogP contribution in [-0.2, 0) is 11.2 Å². The number of aliphatic hydroxyl groups is 1. The molecule has 0 aliphatic heterocycles. The average molecular weight is 253 g/mol. The van der Waals surface area contributed by atoms with Gasteiger partial charge in [-0.05, 0) is 5.92 Å². The van der Waals surface area contributed by atoms with Crippen LogP contribution in [0.3, 0.4) is 0 Å². The molecule has 1 unspecified atom stereocenters. The number of hydrogen-bond acceptors (Lipinski definition) is 4. The van der Waals surface area contributed by atoms with Gasteiger partial charge < -0.3 is 10.4 Å². The van der Waals surface area contributed by atoms with Crippen molar-refractivity contribution in [2.75, 3.05) is 13.2 Å². The maximum atomic E-state index is 11.6. The van der Waals surface area contributed by atoms with Gasteiger partial charge in [-0.2, -0.15) is 0 Å². The second-order valence-corrected chi connectivity index (χ2v) is 4.97. The fraction of sp³-hybridized carbons (Fsp3) is 0.455. The summed E-state index contributed by atoms with van der Waals surface area (Å²) in [6, 6.07) is 0. The number of carbonyl (C=O) groups is 1. The van der Waals surface area contributed by atoms with Crippen molar-refractivity contribution in [1.29, 1.82) is 0 Å². The molecule has 0 aliphatic rings. The number of rotatable bonds is 5. The predicted octanol–water partition coefficient (Wildman–Crippen LogP) is 0.683. The minimum absolute atomic E-state index is 0.0592. The Bertz CT molecular complexity index is 477. The van der Waals surface area contributed by atoms with Crippen LogP contribution in [0.1, 0.15) is 12.6 Å². The van der Waals surface area contributed by atoms with Gasteiger partial charge in [0.05, 0.1) is 12.1 Å². The Kier molecular flexibility index (Phi) is 3.75. The molecule has 2 aromatic heterocycles. The molecule has 0 aromatic carbocycles. The van der Waals surface area contributed by atoms with Gasteiger partial charge in [-0.1, -0.05) is 6.92 Å². The van der Waals surface area contributed by atoms with Crippen molar-refractivity contribution in [2.45, 2.75) is 13.3 Å². The molecule has 0 bridgehead atoms. The summed E-state index contributed by atoms with van der Waals surface area (Å²) in [4.78, 5) is 16.8. The largest absolute Gasteiger partial charge is 0.396 e. The van der Waals surface area contributed by atoms with Crippen LogP contribution < -0.4 is 5.32 Å². The lowest BCUT2D eigenvalue weighted by Crippen LogP contribution is -2.30. The van der Waals surface area contributed by atoms with E-state index in [4.69, 9.17) is 5.11 Å². The molecule has 1 amide bonds. The highest BCUT2D eigenvalue weighted by atomic mass is 32.1. The normalized spacial score (nSPS) is 12.8. The van der Waals surface area contributed by atoms with Gasteiger partial charge in [-0.15, -0.1) is 11.3 Å². The zero-order valence-corrected chi connectivity index (χ0v) is 10.4. The molecule has 5 nitrogen and oxygen atoms in total. The van der Waals surface area contributed by atoms with Crippen molar-refractivity contribution >= 4 is 22.2 Å². The molecule has 0 aliphatic carbocycles. The number of aromatic nitrogens is 2. The Morgan fingerprint density at radius 2 is 2.53 bits per heavy atom. The molecule has 0 fully saturated rings. The second kappa shape index (κ2) is 5.29. The van der Waals surface area contributed by atoms with Crippen LogP contribution >= 0.6 is 11.3 Å². The summed E-state index contributed by atoms with van der Waals surface area (Å²) in [6.07, 6.45) is 4.07. The van der Waals surface area contributed by atoms with Gasteiger partial charge in [-0.25, -0.2) is 4.98 Å². The van der Waals surface area contributed by atoms with E-state index in [9.17, 15) is 4.79 Å². The number of aliphatic hydroxyl groups excluding tert-OH is 1. The molecule has 92 valence electrons. The van der Waals surface area contributed by atoms with Gasteiger partial charge in [-0.3, -0.25) is 9.20 Å². The highest BCUT2D eigenvalue weighted by Gasteiger charge is 2.09. The molecule has 2 aromatic rings. The maximum absolute atomic E-state index is 11.6. The number of nitrogens with one attached hydrogen (secondary N) is 1. The fourth-order valence-corrected chi connectivity index (χ4v) is 2.16. The summed E-state index contributed by atoms with van der Waals surface area (Å²) in [5.41, 5.74) is 0.769. The topological polar surface area (TPSA) is 66.6 Å². The lowest BCUT2D eigenvalue weighted by Gasteiger charge is -2.08. The summed E-state index contributed by atoms with van der Waals surface area (Å²) < 4.78 is 1.91. The van der Waals surface area contributed by atoms with E-state index in [0.717, 1.165) is 10.7 Å². The Morgan fingerprint density at radius 3 is 3.24 bits per heavy atom. The van der Waals surface area contributed by atoms with Gasteiger partial charge in [0, 0.05) is 30.9 Å². The molecular weight excluding hydrogens is 238 g/mol. The molecule has 1 atom stereocenters. The minimum atomic E-state index is -0.0592. The second-order valence-electron chi connectivity index (χ2n) is 4.09. The van der Waals surface area contributed by atoms with Crippen LogP contribution in [0.25, 0.3) is 4.96 Å². The molecule has 0 saturated carbocycles. The Labute approximate surface area is 103 Å². The third-order valence-electron chi connectivity index (χ3n) is 2.44. The Balaban J connectivity index is 1.88. The summed E-state index contributed by atoms with van der Waals surface area (Å²) in [5, 5.41) is 13.6. The van der Waals surface area contributed by atoms with Gasteiger partial charge in [0.2, 0.25) is 5.91 Å². The summed E-state index contributed by atoms with van der Waals surface area (Å²) >= 11 is 1.54.